The van der Waals surface area contributed by atoms with Crippen molar-refractivity contribution in [3.63, 3.8) is 0 Å². The molecule has 0 aliphatic carbocycles. The quantitative estimate of drug-likeness (QED) is 0.105. The molecule has 1 aromatic heterocycles. The third kappa shape index (κ3) is 8.45. The monoisotopic (exact) mass is 699 g/mol. The van der Waals surface area contributed by atoms with Gasteiger partial charge >= 0.3 is 0 Å². The first-order valence-corrected chi connectivity index (χ1v) is 16.8. The molecule has 0 spiro atoms. The average Bonchev–Trinajstić information content (AvgIpc) is 3.02. The highest BCUT2D eigenvalue weighted by Gasteiger charge is 2.13. The van der Waals surface area contributed by atoms with Crippen molar-refractivity contribution in [2.45, 2.75) is 23.6 Å². The topological polar surface area (TPSA) is 179 Å². The first-order chi connectivity index (χ1) is 20.9. The van der Waals surface area contributed by atoms with Gasteiger partial charge in [0, 0.05) is 16.2 Å². The van der Waals surface area contributed by atoms with Gasteiger partial charge in [0.15, 0.2) is 11.6 Å². The minimum absolute atomic E-state index is 0.147. The number of hydrogen-bond donors (Lipinski definition) is 5. The van der Waals surface area contributed by atoms with E-state index < -0.39 is 20.0 Å². The second-order valence-electron chi connectivity index (χ2n) is 9.18. The van der Waals surface area contributed by atoms with E-state index in [1.165, 1.54) is 38.4 Å². The van der Waals surface area contributed by atoms with Gasteiger partial charge in [0.2, 0.25) is 26.0 Å². The van der Waals surface area contributed by atoms with Gasteiger partial charge in [0.05, 0.1) is 21.2 Å². The SMILES string of the molecule is CNS(=O)(=O)c1ccc(C(C)=NNc2cc(NN=C(C)c3ccc(S(=O)(=O)NC)cc3)nc(Nc3cccc(Br)c3)n2)cc1. The molecular weight excluding hydrogens is 670 g/mol. The number of hydrazone groups is 2. The van der Waals surface area contributed by atoms with Crippen LogP contribution in [-0.4, -0.2) is 52.3 Å². The first kappa shape index (κ1) is 32.7. The van der Waals surface area contributed by atoms with Crippen LogP contribution in [0.25, 0.3) is 0 Å². The summed E-state index contributed by atoms with van der Waals surface area (Å²) in [5.74, 6) is 0.964. The lowest BCUT2D eigenvalue weighted by molar-refractivity contribution is 0.586. The summed E-state index contributed by atoms with van der Waals surface area (Å²) in [5.41, 5.74) is 9.20. The molecule has 0 saturated heterocycles. The lowest BCUT2D eigenvalue weighted by Gasteiger charge is -2.11. The van der Waals surface area contributed by atoms with Crippen LogP contribution in [0, 0.1) is 0 Å². The van der Waals surface area contributed by atoms with Crippen molar-refractivity contribution in [2.24, 2.45) is 10.2 Å². The van der Waals surface area contributed by atoms with Gasteiger partial charge in [-0.05, 0) is 81.5 Å². The Hall–Kier alpha value is -4.22. The van der Waals surface area contributed by atoms with Crippen LogP contribution in [-0.2, 0) is 20.0 Å². The second-order valence-corrected chi connectivity index (χ2v) is 13.9. The highest BCUT2D eigenvalue weighted by atomic mass is 79.9. The number of anilines is 4. The summed E-state index contributed by atoms with van der Waals surface area (Å²) in [6.45, 7) is 3.55. The Labute approximate surface area is 264 Å². The molecule has 0 fully saturated rings. The summed E-state index contributed by atoms with van der Waals surface area (Å²) >= 11 is 3.45. The van der Waals surface area contributed by atoms with E-state index in [0.29, 0.717) is 34.2 Å². The molecular formula is C28H30BrN9O4S2. The number of benzene rings is 3. The van der Waals surface area contributed by atoms with Crippen molar-refractivity contribution >= 4 is 70.7 Å². The Balaban J connectivity index is 1.59. The number of halogens is 1. The maximum atomic E-state index is 12.0. The number of nitrogens with zero attached hydrogens (tertiary/aromatic N) is 4. The van der Waals surface area contributed by atoms with Gasteiger partial charge in [-0.15, -0.1) is 0 Å². The van der Waals surface area contributed by atoms with Gasteiger partial charge < -0.3 is 5.32 Å². The molecule has 0 atom stereocenters. The molecule has 1 heterocycles. The minimum atomic E-state index is -3.55. The molecule has 4 aromatic rings. The van der Waals surface area contributed by atoms with E-state index in [0.717, 1.165) is 10.2 Å². The Morgan fingerprint density at radius 3 is 1.55 bits per heavy atom. The molecule has 0 saturated carbocycles. The van der Waals surface area contributed by atoms with Gasteiger partial charge in [-0.1, -0.05) is 46.3 Å². The Morgan fingerprint density at radius 1 is 0.682 bits per heavy atom. The fraction of sp³-hybridized carbons (Fsp3) is 0.143. The standard InChI is InChI=1S/C28H30BrN9O4S2/c1-18(20-8-12-24(13-9-20)43(39,40)30-3)35-37-26-17-27(34-28(33-26)32-23-7-5-6-22(29)16-23)38-36-19(2)21-10-14-25(15-11-21)44(41,42)31-4/h5-17,30-31H,1-4H3,(H3,32,33,34,37,38). The summed E-state index contributed by atoms with van der Waals surface area (Å²) in [6.07, 6.45) is 0. The van der Waals surface area contributed by atoms with Gasteiger partial charge in [-0.2, -0.15) is 20.2 Å². The van der Waals surface area contributed by atoms with Crippen molar-refractivity contribution in [3.05, 3.63) is 94.5 Å². The molecule has 16 heteroatoms. The predicted molar refractivity (Wildman–Crippen MR) is 176 cm³/mol. The molecule has 230 valence electrons. The summed E-state index contributed by atoms with van der Waals surface area (Å²) < 4.78 is 53.6. The van der Waals surface area contributed by atoms with Crippen LogP contribution in [0.15, 0.2) is 103 Å². The normalized spacial score (nSPS) is 12.6. The van der Waals surface area contributed by atoms with E-state index in [9.17, 15) is 16.8 Å². The highest BCUT2D eigenvalue weighted by Crippen LogP contribution is 2.22. The van der Waals surface area contributed by atoms with Gasteiger partial charge in [0.1, 0.15) is 0 Å². The molecule has 0 amide bonds. The molecule has 0 bridgehead atoms. The van der Waals surface area contributed by atoms with Crippen molar-refractivity contribution < 1.29 is 16.8 Å². The van der Waals surface area contributed by atoms with Gasteiger partial charge in [-0.3, -0.25) is 10.9 Å². The average molecular weight is 701 g/mol. The van der Waals surface area contributed by atoms with E-state index in [2.05, 4.69) is 61.7 Å². The van der Waals surface area contributed by atoms with Crippen LogP contribution in [0.3, 0.4) is 0 Å². The lowest BCUT2D eigenvalue weighted by atomic mass is 10.1. The van der Waals surface area contributed by atoms with Crippen LogP contribution < -0.4 is 25.6 Å². The van der Waals surface area contributed by atoms with Crippen molar-refractivity contribution in [2.75, 3.05) is 30.3 Å². The number of nitrogens with one attached hydrogen (secondary N) is 5. The molecule has 0 unspecified atom stereocenters. The number of aromatic nitrogens is 2. The number of hydrogen-bond acceptors (Lipinski definition) is 11. The van der Waals surface area contributed by atoms with Crippen LogP contribution in [0.2, 0.25) is 0 Å². The summed E-state index contributed by atoms with van der Waals surface area (Å²) in [4.78, 5) is 9.32. The molecule has 3 aromatic carbocycles. The van der Waals surface area contributed by atoms with Crippen LogP contribution in [0.1, 0.15) is 25.0 Å². The lowest BCUT2D eigenvalue weighted by Crippen LogP contribution is -2.18. The highest BCUT2D eigenvalue weighted by molar-refractivity contribution is 9.10. The summed E-state index contributed by atoms with van der Waals surface area (Å²) in [5, 5.41) is 12.0. The maximum absolute atomic E-state index is 12.0. The Bertz CT molecular complexity index is 1800. The third-order valence-electron chi connectivity index (χ3n) is 6.19. The molecule has 0 aliphatic heterocycles. The largest absolute Gasteiger partial charge is 0.324 e. The van der Waals surface area contributed by atoms with Crippen molar-refractivity contribution in [1.29, 1.82) is 0 Å². The Morgan fingerprint density at radius 2 is 1.14 bits per heavy atom. The zero-order valence-corrected chi connectivity index (χ0v) is 27.3. The molecule has 5 N–H and O–H groups in total. The maximum Gasteiger partial charge on any atom is 0.240 e. The van der Waals surface area contributed by atoms with Crippen LogP contribution >= 0.6 is 15.9 Å². The van der Waals surface area contributed by atoms with E-state index >= 15 is 0 Å². The molecule has 13 nitrogen and oxygen atoms in total. The Kier molecular flexibility index (Phi) is 10.4. The number of sulfonamides is 2. The zero-order chi connectivity index (χ0) is 31.9. The smallest absolute Gasteiger partial charge is 0.240 e. The van der Waals surface area contributed by atoms with E-state index in [1.54, 1.807) is 44.2 Å². The van der Waals surface area contributed by atoms with E-state index in [1.807, 2.05) is 24.3 Å². The summed E-state index contributed by atoms with van der Waals surface area (Å²) in [7, 11) is -4.39. The fourth-order valence-corrected chi connectivity index (χ4v) is 5.57. The third-order valence-corrected chi connectivity index (χ3v) is 9.54. The van der Waals surface area contributed by atoms with E-state index in [-0.39, 0.29) is 15.7 Å². The van der Waals surface area contributed by atoms with Gasteiger partial charge in [-0.25, -0.2) is 26.3 Å². The first-order valence-electron chi connectivity index (χ1n) is 13.0. The second kappa shape index (κ2) is 14.0. The van der Waals surface area contributed by atoms with Crippen LogP contribution in [0.4, 0.5) is 23.3 Å². The zero-order valence-electron chi connectivity index (χ0n) is 24.1. The van der Waals surface area contributed by atoms with Gasteiger partial charge in [0.25, 0.3) is 0 Å². The van der Waals surface area contributed by atoms with Crippen LogP contribution in [0.5, 0.6) is 0 Å². The fourth-order valence-electron chi connectivity index (χ4n) is 3.71. The molecule has 4 rings (SSSR count). The minimum Gasteiger partial charge on any atom is -0.324 e. The molecule has 44 heavy (non-hydrogen) atoms. The molecule has 0 radical (unpaired) electrons. The van der Waals surface area contributed by atoms with E-state index in [4.69, 9.17) is 0 Å². The summed E-state index contributed by atoms with van der Waals surface area (Å²) in [6, 6.07) is 21.8. The number of rotatable bonds is 12. The van der Waals surface area contributed by atoms with Crippen molar-refractivity contribution in [1.82, 2.24) is 19.4 Å². The molecule has 0 aliphatic rings. The van der Waals surface area contributed by atoms with Crippen molar-refractivity contribution in [3.8, 4) is 0 Å². The predicted octanol–water partition coefficient (Wildman–Crippen LogP) is 4.47.